The fourth-order valence-corrected chi connectivity index (χ4v) is 0. The average Bonchev–Trinajstić information content (AvgIpc) is 0.722. The van der Waals surface area contributed by atoms with Gasteiger partial charge in [-0.25, -0.2) is 0 Å². The van der Waals surface area contributed by atoms with Gasteiger partial charge in [0.2, 0.25) is 0 Å². The molecule has 0 spiro atoms. The van der Waals surface area contributed by atoms with Gasteiger partial charge in [0, 0.05) is 10.4 Å². The van der Waals surface area contributed by atoms with E-state index < -0.39 is 10.4 Å². The molecular formula is H12O10SSc+. The Balaban J connectivity index is -0.00000000381. The minimum absolute atomic E-state index is 0. The van der Waals surface area contributed by atoms with E-state index in [9.17, 15) is 0 Å². The minimum Gasteiger partial charge on any atom is -0.759 e. The molecule has 0 heterocycles. The van der Waals surface area contributed by atoms with E-state index in [4.69, 9.17) is 17.5 Å². The molecule has 0 bridgehead atoms. The molecular weight excluding hydrogens is 237 g/mol. The summed E-state index contributed by atoms with van der Waals surface area (Å²) in [5, 5.41) is 0. The fraction of sp³-hybridized carbons (Fsp3) is 0. The molecule has 0 radical (unpaired) electrons. The zero-order valence-electron chi connectivity index (χ0n) is 5.62. The van der Waals surface area contributed by atoms with E-state index in [1.807, 2.05) is 0 Å². The summed E-state index contributed by atoms with van der Waals surface area (Å²) in [5.41, 5.74) is 0. The van der Waals surface area contributed by atoms with Gasteiger partial charge in [-0.1, -0.05) is 0 Å². The number of hydrogen-bond donors (Lipinski definition) is 0. The Kier molecular flexibility index (Phi) is 204. The van der Waals surface area contributed by atoms with Crippen LogP contribution in [0.25, 0.3) is 0 Å². The van der Waals surface area contributed by atoms with Crippen molar-refractivity contribution < 1.29 is 76.2 Å². The third-order valence-corrected chi connectivity index (χ3v) is 0. The summed E-state index contributed by atoms with van der Waals surface area (Å²) in [5.74, 6) is 0. The topological polar surface area (TPSA) is 269 Å². The van der Waals surface area contributed by atoms with Gasteiger partial charge in [-0.15, -0.1) is 0 Å². The van der Waals surface area contributed by atoms with Crippen LogP contribution in [0.15, 0.2) is 0 Å². The van der Waals surface area contributed by atoms with Gasteiger partial charge in [0.05, 0.1) is 0 Å². The molecule has 0 aromatic heterocycles. The van der Waals surface area contributed by atoms with Crippen LogP contribution in [0.2, 0.25) is 0 Å². The molecule has 0 aliphatic heterocycles. The van der Waals surface area contributed by atoms with Crippen molar-refractivity contribution in [2.45, 2.75) is 0 Å². The second-order valence-corrected chi connectivity index (χ2v) is 1.22. The van der Waals surface area contributed by atoms with Crippen LogP contribution in [0, 0.1) is 0 Å². The molecule has 0 rings (SSSR count). The monoisotopic (exact) mass is 249 g/mol. The van der Waals surface area contributed by atoms with Crippen LogP contribution >= 0.6 is 0 Å². The summed E-state index contributed by atoms with van der Waals surface area (Å²) in [7, 11) is -5.17. The van der Waals surface area contributed by atoms with Gasteiger partial charge in [-0.3, -0.25) is 8.42 Å². The molecule has 0 aliphatic carbocycles. The molecule has 80 valence electrons. The summed E-state index contributed by atoms with van der Waals surface area (Å²) < 4.78 is 34.1. The molecule has 0 aliphatic rings. The van der Waals surface area contributed by atoms with Crippen LogP contribution in [0.1, 0.15) is 0 Å². The van der Waals surface area contributed by atoms with Crippen LogP contribution in [0.3, 0.4) is 0 Å². The normalized spacial score (nSPS) is 4.83. The Morgan fingerprint density at radius 2 is 0.667 bits per heavy atom. The second kappa shape index (κ2) is 30.0. The van der Waals surface area contributed by atoms with E-state index in [2.05, 4.69) is 0 Å². The molecule has 0 saturated heterocycles. The molecule has 0 unspecified atom stereocenters. The Bertz CT molecular complexity index is 93.0. The van der Waals surface area contributed by atoms with Crippen molar-refractivity contribution >= 4 is 10.4 Å². The van der Waals surface area contributed by atoms with E-state index in [1.165, 1.54) is 0 Å². The van der Waals surface area contributed by atoms with Crippen molar-refractivity contribution in [1.29, 1.82) is 0 Å². The van der Waals surface area contributed by atoms with Crippen molar-refractivity contribution in [2.75, 3.05) is 0 Å². The van der Waals surface area contributed by atoms with Gasteiger partial charge in [-0.2, -0.15) is 0 Å². The molecule has 0 fully saturated rings. The maximum Gasteiger partial charge on any atom is 3.00 e. The standard InChI is InChI=1S/H2O4S.6H2O.Sc/c1-5(2,3)4;;;;;;;/h(H2,1,2,3,4);6*1H2;/q;;;;;;;+3/p-2. The third-order valence-electron chi connectivity index (χ3n) is 0. The van der Waals surface area contributed by atoms with E-state index in [0.717, 1.165) is 0 Å². The quantitative estimate of drug-likeness (QED) is 0.298. The van der Waals surface area contributed by atoms with Gasteiger partial charge in [0.15, 0.2) is 0 Å². The Labute approximate surface area is 86.8 Å². The second-order valence-electron chi connectivity index (χ2n) is 0.408. The minimum atomic E-state index is -5.17. The zero-order valence-corrected chi connectivity index (χ0v) is 8.24. The first-order chi connectivity index (χ1) is 2.00. The summed E-state index contributed by atoms with van der Waals surface area (Å²) in [6, 6.07) is 0. The van der Waals surface area contributed by atoms with Crippen LogP contribution in [0.5, 0.6) is 0 Å². The van der Waals surface area contributed by atoms with E-state index in [0.29, 0.717) is 0 Å². The first kappa shape index (κ1) is 81.6. The van der Waals surface area contributed by atoms with Gasteiger partial charge < -0.3 is 42.0 Å². The van der Waals surface area contributed by atoms with Gasteiger partial charge in [-0.05, 0) is 0 Å². The van der Waals surface area contributed by atoms with E-state index in [-0.39, 0.29) is 58.7 Å². The van der Waals surface area contributed by atoms with Crippen LogP contribution in [-0.2, 0) is 36.2 Å². The average molecular weight is 249 g/mol. The first-order valence-corrected chi connectivity index (χ1v) is 2.00. The smallest absolute Gasteiger partial charge is 0.759 e. The molecule has 12 N–H and O–H groups in total. The molecule has 0 amide bonds. The molecule has 0 saturated carbocycles. The predicted octanol–water partition coefficient (Wildman–Crippen LogP) is -6.29. The Hall–Kier alpha value is 0.500. The number of hydrogen-bond acceptors (Lipinski definition) is 4. The molecule has 0 aromatic carbocycles. The van der Waals surface area contributed by atoms with Crippen LogP contribution in [0.4, 0.5) is 0 Å². The van der Waals surface area contributed by atoms with Crippen molar-refractivity contribution in [3.8, 4) is 0 Å². The van der Waals surface area contributed by atoms with E-state index >= 15 is 0 Å². The van der Waals surface area contributed by atoms with Gasteiger partial charge in [0.25, 0.3) is 0 Å². The molecule has 0 aromatic rings. The summed E-state index contributed by atoms with van der Waals surface area (Å²) in [6.45, 7) is 0. The molecule has 10 nitrogen and oxygen atoms in total. The van der Waals surface area contributed by atoms with Crippen molar-refractivity contribution in [3.63, 3.8) is 0 Å². The predicted molar refractivity (Wildman–Crippen MR) is 32.2 cm³/mol. The first-order valence-electron chi connectivity index (χ1n) is 0.667. The summed E-state index contributed by atoms with van der Waals surface area (Å²) in [4.78, 5) is 0. The zero-order chi connectivity index (χ0) is 4.50. The van der Waals surface area contributed by atoms with Crippen LogP contribution in [-0.4, -0.2) is 50.4 Å². The summed E-state index contributed by atoms with van der Waals surface area (Å²) >= 11 is 0. The maximum absolute atomic E-state index is 8.52. The van der Waals surface area contributed by atoms with Crippen molar-refractivity contribution in [2.24, 2.45) is 0 Å². The van der Waals surface area contributed by atoms with Crippen molar-refractivity contribution in [3.05, 3.63) is 0 Å². The molecule has 12 heavy (non-hydrogen) atoms. The van der Waals surface area contributed by atoms with E-state index in [1.54, 1.807) is 0 Å². The summed E-state index contributed by atoms with van der Waals surface area (Å²) in [6.07, 6.45) is 0. The number of rotatable bonds is 0. The Morgan fingerprint density at radius 3 is 0.667 bits per heavy atom. The van der Waals surface area contributed by atoms with Gasteiger partial charge >= 0.3 is 25.8 Å². The SMILES string of the molecule is O.O.O.O.O.O.O=S(=O)([O-])[O-].[Sc+3]. The maximum atomic E-state index is 8.52. The Morgan fingerprint density at radius 1 is 0.667 bits per heavy atom. The van der Waals surface area contributed by atoms with Gasteiger partial charge in [0.1, 0.15) is 0 Å². The van der Waals surface area contributed by atoms with Crippen molar-refractivity contribution in [1.82, 2.24) is 0 Å². The third kappa shape index (κ3) is 3790. The fourth-order valence-electron chi connectivity index (χ4n) is 0. The largest absolute Gasteiger partial charge is 3.00 e. The molecule has 0 atom stereocenters. The molecule has 12 heteroatoms. The van der Waals surface area contributed by atoms with Crippen LogP contribution < -0.4 is 0 Å².